The Morgan fingerprint density at radius 1 is 1.20 bits per heavy atom. The molecule has 0 fully saturated rings. The van der Waals surface area contributed by atoms with Crippen LogP contribution in [0.2, 0.25) is 10.0 Å². The maximum absolute atomic E-state index is 12.4. The first-order chi connectivity index (χ1) is 14.4. The number of rotatable bonds is 8. The summed E-state index contributed by atoms with van der Waals surface area (Å²) in [5, 5.41) is 13.5. The molecule has 0 spiro atoms. The minimum atomic E-state index is -0.276. The van der Waals surface area contributed by atoms with E-state index in [2.05, 4.69) is 15.5 Å². The minimum absolute atomic E-state index is 0.0854. The highest BCUT2D eigenvalue weighted by molar-refractivity contribution is 7.98. The maximum Gasteiger partial charge on any atom is 0.224 e. The molecule has 0 aliphatic heterocycles. The van der Waals surface area contributed by atoms with Crippen LogP contribution in [0.15, 0.2) is 47.6 Å². The first-order valence-electron chi connectivity index (χ1n) is 9.25. The van der Waals surface area contributed by atoms with Gasteiger partial charge in [-0.25, -0.2) is 0 Å². The molecule has 0 unspecified atom stereocenters. The van der Waals surface area contributed by atoms with Gasteiger partial charge in [-0.2, -0.15) is 0 Å². The Morgan fingerprint density at radius 3 is 2.60 bits per heavy atom. The summed E-state index contributed by atoms with van der Waals surface area (Å²) in [7, 11) is 3.49. The van der Waals surface area contributed by atoms with Crippen LogP contribution in [0, 0.1) is 0 Å². The number of ether oxygens (including phenoxy) is 1. The molecule has 0 radical (unpaired) electrons. The van der Waals surface area contributed by atoms with E-state index in [0.29, 0.717) is 21.6 Å². The second-order valence-electron chi connectivity index (χ2n) is 6.74. The quantitative estimate of drug-likeness (QED) is 0.482. The Bertz CT molecular complexity index is 1020. The smallest absolute Gasteiger partial charge is 0.224 e. The molecule has 0 saturated heterocycles. The highest BCUT2D eigenvalue weighted by Gasteiger charge is 2.18. The number of methoxy groups -OCH3 is 1. The maximum atomic E-state index is 12.4. The fourth-order valence-electron chi connectivity index (χ4n) is 2.90. The molecule has 0 saturated carbocycles. The number of hydrogen-bond donors (Lipinski definition) is 1. The molecule has 1 amide bonds. The van der Waals surface area contributed by atoms with Crippen molar-refractivity contribution in [1.29, 1.82) is 0 Å². The highest BCUT2D eigenvalue weighted by atomic mass is 35.5. The van der Waals surface area contributed by atoms with Gasteiger partial charge in [-0.1, -0.05) is 53.2 Å². The van der Waals surface area contributed by atoms with Crippen molar-refractivity contribution in [3.8, 4) is 5.75 Å². The molecule has 3 aromatic rings. The molecule has 9 heteroatoms. The number of halogens is 2. The van der Waals surface area contributed by atoms with Crippen LogP contribution in [-0.4, -0.2) is 27.8 Å². The Hall–Kier alpha value is -2.22. The number of nitrogens with one attached hydrogen (secondary N) is 1. The fraction of sp³-hybridized carbons (Fsp3) is 0.286. The molecule has 30 heavy (non-hydrogen) atoms. The van der Waals surface area contributed by atoms with Crippen LogP contribution >= 0.6 is 35.0 Å². The van der Waals surface area contributed by atoms with E-state index < -0.39 is 0 Å². The average Bonchev–Trinajstić information content (AvgIpc) is 3.08. The zero-order valence-electron chi connectivity index (χ0n) is 16.9. The predicted molar refractivity (Wildman–Crippen MR) is 120 cm³/mol. The van der Waals surface area contributed by atoms with Gasteiger partial charge in [-0.05, 0) is 42.3 Å². The Labute approximate surface area is 189 Å². The van der Waals surface area contributed by atoms with Gasteiger partial charge < -0.3 is 14.6 Å². The van der Waals surface area contributed by atoms with Crippen molar-refractivity contribution in [2.24, 2.45) is 7.05 Å². The molecule has 1 aromatic heterocycles. The van der Waals surface area contributed by atoms with E-state index in [1.54, 1.807) is 13.2 Å². The molecule has 1 heterocycles. The van der Waals surface area contributed by atoms with Crippen LogP contribution in [0.5, 0.6) is 5.75 Å². The molecule has 1 atom stereocenters. The van der Waals surface area contributed by atoms with E-state index in [-0.39, 0.29) is 18.4 Å². The normalized spacial score (nSPS) is 11.9. The molecule has 0 aliphatic rings. The lowest BCUT2D eigenvalue weighted by molar-refractivity contribution is -0.121. The molecule has 3 rings (SSSR count). The van der Waals surface area contributed by atoms with Crippen molar-refractivity contribution < 1.29 is 9.53 Å². The molecule has 1 N–H and O–H groups in total. The third kappa shape index (κ3) is 5.68. The number of aromatic nitrogens is 3. The summed E-state index contributed by atoms with van der Waals surface area (Å²) in [6.07, 6.45) is 0.281. The minimum Gasteiger partial charge on any atom is -0.497 e. The Morgan fingerprint density at radius 2 is 1.93 bits per heavy atom. The van der Waals surface area contributed by atoms with Crippen LogP contribution in [0.4, 0.5) is 0 Å². The summed E-state index contributed by atoms with van der Waals surface area (Å²) in [6.45, 7) is 1.89. The summed E-state index contributed by atoms with van der Waals surface area (Å²) >= 11 is 13.7. The Kier molecular flexibility index (Phi) is 7.64. The molecule has 6 nitrogen and oxygen atoms in total. The number of carbonyl (C=O) groups is 1. The van der Waals surface area contributed by atoms with E-state index in [1.165, 1.54) is 11.8 Å². The summed E-state index contributed by atoms with van der Waals surface area (Å²) in [5.74, 6) is 2.00. The number of nitrogens with zero attached hydrogens (tertiary/aromatic N) is 3. The average molecular weight is 465 g/mol. The van der Waals surface area contributed by atoms with E-state index in [1.807, 2.05) is 54.9 Å². The number of thioether (sulfide) groups is 1. The predicted octanol–water partition coefficient (Wildman–Crippen LogP) is 4.84. The van der Waals surface area contributed by atoms with Crippen molar-refractivity contribution in [1.82, 2.24) is 20.1 Å². The topological polar surface area (TPSA) is 69.0 Å². The zero-order chi connectivity index (χ0) is 21.7. The van der Waals surface area contributed by atoms with Gasteiger partial charge in [0.2, 0.25) is 5.91 Å². The SMILES string of the molecule is COc1ccc(CC(=O)N[C@@H](C)c2nnc(SCc3ccc(Cl)cc3Cl)n2C)cc1. The van der Waals surface area contributed by atoms with E-state index >= 15 is 0 Å². The number of hydrogen-bond acceptors (Lipinski definition) is 5. The second kappa shape index (κ2) is 10.2. The molecule has 158 valence electrons. The molecular weight excluding hydrogens is 443 g/mol. The van der Waals surface area contributed by atoms with Gasteiger partial charge in [-0.3, -0.25) is 4.79 Å². The summed E-state index contributed by atoms with van der Waals surface area (Å²) in [6, 6.07) is 12.6. The van der Waals surface area contributed by atoms with Crippen molar-refractivity contribution >= 4 is 40.9 Å². The first kappa shape index (κ1) is 22.5. The number of amides is 1. The van der Waals surface area contributed by atoms with E-state index in [4.69, 9.17) is 27.9 Å². The second-order valence-corrected chi connectivity index (χ2v) is 8.52. The standard InChI is InChI=1S/C21H22Cl2N4O2S/c1-13(24-19(28)10-14-4-8-17(29-3)9-5-14)20-25-26-21(27(20)2)30-12-15-6-7-16(22)11-18(15)23/h4-9,11,13H,10,12H2,1-3H3,(H,24,28)/t13-/m0/s1. The van der Waals surface area contributed by atoms with Gasteiger partial charge in [0.25, 0.3) is 0 Å². The van der Waals surface area contributed by atoms with Gasteiger partial charge in [0.15, 0.2) is 11.0 Å². The molecular formula is C21H22Cl2N4O2S. The van der Waals surface area contributed by atoms with Crippen molar-refractivity contribution in [3.63, 3.8) is 0 Å². The third-order valence-corrected chi connectivity index (χ3v) is 6.18. The number of carbonyl (C=O) groups excluding carboxylic acids is 1. The van der Waals surface area contributed by atoms with Gasteiger partial charge in [0.1, 0.15) is 5.75 Å². The summed E-state index contributed by atoms with van der Waals surface area (Å²) in [5.41, 5.74) is 1.88. The summed E-state index contributed by atoms with van der Waals surface area (Å²) < 4.78 is 7.02. The first-order valence-corrected chi connectivity index (χ1v) is 11.0. The van der Waals surface area contributed by atoms with Gasteiger partial charge in [-0.15, -0.1) is 10.2 Å². The van der Waals surface area contributed by atoms with Gasteiger partial charge >= 0.3 is 0 Å². The summed E-state index contributed by atoms with van der Waals surface area (Å²) in [4.78, 5) is 12.4. The number of benzene rings is 2. The van der Waals surface area contributed by atoms with Crippen molar-refractivity contribution in [2.45, 2.75) is 30.3 Å². The third-order valence-electron chi connectivity index (χ3n) is 4.53. The largest absolute Gasteiger partial charge is 0.497 e. The highest BCUT2D eigenvalue weighted by Crippen LogP contribution is 2.28. The lowest BCUT2D eigenvalue weighted by Crippen LogP contribution is -2.29. The van der Waals surface area contributed by atoms with Gasteiger partial charge in [0, 0.05) is 22.8 Å². The molecule has 2 aromatic carbocycles. The van der Waals surface area contributed by atoms with Gasteiger partial charge in [0.05, 0.1) is 19.6 Å². The van der Waals surface area contributed by atoms with Crippen LogP contribution < -0.4 is 10.1 Å². The van der Waals surface area contributed by atoms with Crippen LogP contribution in [0.1, 0.15) is 29.9 Å². The van der Waals surface area contributed by atoms with Crippen molar-refractivity contribution in [3.05, 3.63) is 69.5 Å². The Balaban J connectivity index is 1.59. The van der Waals surface area contributed by atoms with E-state index in [9.17, 15) is 4.79 Å². The van der Waals surface area contributed by atoms with Crippen LogP contribution in [-0.2, 0) is 24.0 Å². The fourth-order valence-corrected chi connectivity index (χ4v) is 4.37. The monoisotopic (exact) mass is 464 g/mol. The van der Waals surface area contributed by atoms with Crippen LogP contribution in [0.25, 0.3) is 0 Å². The van der Waals surface area contributed by atoms with E-state index in [0.717, 1.165) is 22.0 Å². The lowest BCUT2D eigenvalue weighted by atomic mass is 10.1. The van der Waals surface area contributed by atoms with Crippen LogP contribution in [0.3, 0.4) is 0 Å². The van der Waals surface area contributed by atoms with Crippen molar-refractivity contribution in [2.75, 3.05) is 7.11 Å². The molecule has 0 aliphatic carbocycles. The lowest BCUT2D eigenvalue weighted by Gasteiger charge is -2.14. The molecule has 0 bridgehead atoms. The zero-order valence-corrected chi connectivity index (χ0v) is 19.2.